The minimum Gasteiger partial charge on any atom is -0.456 e. The topological polar surface area (TPSA) is 32.8 Å². The van der Waals surface area contributed by atoms with Gasteiger partial charge in [-0.3, -0.25) is 0 Å². The van der Waals surface area contributed by atoms with Crippen molar-refractivity contribution < 1.29 is 8.83 Å². The highest BCUT2D eigenvalue weighted by molar-refractivity contribution is 6.16. The molecule has 15 rings (SSSR count). The van der Waals surface area contributed by atoms with Crippen LogP contribution in [0.5, 0.6) is 0 Å². The van der Waals surface area contributed by atoms with Crippen molar-refractivity contribution in [3.05, 3.63) is 288 Å². The number of anilines is 6. The Labute approximate surface area is 429 Å². The van der Waals surface area contributed by atoms with Crippen molar-refractivity contribution in [3.8, 4) is 22.3 Å². The number of rotatable bonds is 8. The molecule has 0 saturated heterocycles. The lowest BCUT2D eigenvalue weighted by molar-refractivity contribution is 0.660. The molecule has 0 atom stereocenters. The highest BCUT2D eigenvalue weighted by Crippen LogP contribution is 2.61. The standard InChI is InChI=1S/C70H48N2O2/c1-69(2)53-32-13-9-28-49(53)65-55(69)34-18-36-57(65)71(59-38-20-42-63-67(59)51-30-11-15-40-61(51)73-63)47-26-17-27-48(44-47)72(60-39-21-43-64-68(60)52-31-12-16-41-62(52)74-64)58-37-19-35-56-66(58)50-29-10-14-33-54(50)70(56,45-22-5-3-6-23-45)46-24-7-4-8-25-46/h3-44H,1-2H3. The summed E-state index contributed by atoms with van der Waals surface area (Å²) in [7, 11) is 0. The summed E-state index contributed by atoms with van der Waals surface area (Å²) in [5.41, 5.74) is 21.3. The van der Waals surface area contributed by atoms with Crippen LogP contribution in [0.2, 0.25) is 0 Å². The van der Waals surface area contributed by atoms with Crippen molar-refractivity contribution in [2.45, 2.75) is 24.7 Å². The molecule has 0 bridgehead atoms. The van der Waals surface area contributed by atoms with E-state index in [9.17, 15) is 0 Å². The van der Waals surface area contributed by atoms with E-state index >= 15 is 0 Å². The van der Waals surface area contributed by atoms with Gasteiger partial charge in [0.1, 0.15) is 22.3 Å². The van der Waals surface area contributed by atoms with Crippen LogP contribution in [-0.2, 0) is 10.8 Å². The zero-order valence-corrected chi connectivity index (χ0v) is 41.0. The van der Waals surface area contributed by atoms with Gasteiger partial charge in [-0.25, -0.2) is 0 Å². The van der Waals surface area contributed by atoms with E-state index < -0.39 is 5.41 Å². The molecular weight excluding hydrogens is 901 g/mol. The van der Waals surface area contributed by atoms with Crippen molar-refractivity contribution in [1.82, 2.24) is 0 Å². The van der Waals surface area contributed by atoms with Crippen LogP contribution in [0.15, 0.2) is 264 Å². The second kappa shape index (κ2) is 16.1. The van der Waals surface area contributed by atoms with Gasteiger partial charge < -0.3 is 18.6 Å². The highest BCUT2D eigenvalue weighted by Gasteiger charge is 2.47. The first-order valence-corrected chi connectivity index (χ1v) is 25.6. The smallest absolute Gasteiger partial charge is 0.137 e. The van der Waals surface area contributed by atoms with Gasteiger partial charge in [0, 0.05) is 38.7 Å². The number of benzene rings is 11. The first-order chi connectivity index (χ1) is 36.5. The Morgan fingerprint density at radius 1 is 0.311 bits per heavy atom. The molecule has 4 heteroatoms. The van der Waals surface area contributed by atoms with Crippen molar-refractivity contribution >= 4 is 78.0 Å². The Morgan fingerprint density at radius 2 is 0.703 bits per heavy atom. The zero-order chi connectivity index (χ0) is 49.1. The van der Waals surface area contributed by atoms with Crippen LogP contribution in [0.3, 0.4) is 0 Å². The van der Waals surface area contributed by atoms with E-state index in [1.807, 2.05) is 0 Å². The minimum atomic E-state index is -0.590. The van der Waals surface area contributed by atoms with Crippen molar-refractivity contribution in [2.75, 3.05) is 9.80 Å². The molecule has 0 spiro atoms. The third kappa shape index (κ3) is 5.91. The number of fused-ring (bicyclic) bond motifs is 12. The Balaban J connectivity index is 1.04. The van der Waals surface area contributed by atoms with Gasteiger partial charge in [-0.2, -0.15) is 0 Å². The molecule has 0 unspecified atom stereocenters. The van der Waals surface area contributed by atoms with E-state index in [4.69, 9.17) is 8.83 Å². The Morgan fingerprint density at radius 3 is 1.27 bits per heavy atom. The van der Waals surface area contributed by atoms with Crippen LogP contribution in [0.1, 0.15) is 47.2 Å². The van der Waals surface area contributed by atoms with E-state index in [1.165, 1.54) is 55.6 Å². The van der Waals surface area contributed by atoms with E-state index in [0.29, 0.717) is 0 Å². The van der Waals surface area contributed by atoms with Crippen LogP contribution in [0.4, 0.5) is 34.1 Å². The average Bonchev–Trinajstić information content (AvgIpc) is 4.19. The quantitative estimate of drug-likeness (QED) is 0.152. The molecule has 350 valence electrons. The first kappa shape index (κ1) is 42.3. The summed E-state index contributed by atoms with van der Waals surface area (Å²) in [6, 6.07) is 92.8. The average molecular weight is 949 g/mol. The number of furan rings is 2. The molecule has 11 aromatic carbocycles. The molecule has 2 heterocycles. The zero-order valence-electron chi connectivity index (χ0n) is 41.0. The lowest BCUT2D eigenvalue weighted by Crippen LogP contribution is -2.28. The maximum atomic E-state index is 6.70. The highest BCUT2D eigenvalue weighted by atomic mass is 16.3. The van der Waals surface area contributed by atoms with Gasteiger partial charge in [0.25, 0.3) is 0 Å². The first-order valence-electron chi connectivity index (χ1n) is 25.6. The molecule has 0 radical (unpaired) electrons. The normalized spacial score (nSPS) is 13.8. The summed E-state index contributed by atoms with van der Waals surface area (Å²) < 4.78 is 13.4. The largest absolute Gasteiger partial charge is 0.456 e. The number of para-hydroxylation sites is 2. The Hall–Kier alpha value is -9.38. The fourth-order valence-electron chi connectivity index (χ4n) is 13.1. The van der Waals surface area contributed by atoms with E-state index in [2.05, 4.69) is 278 Å². The van der Waals surface area contributed by atoms with Crippen LogP contribution in [0, 0.1) is 0 Å². The summed E-state index contributed by atoms with van der Waals surface area (Å²) >= 11 is 0. The van der Waals surface area contributed by atoms with Gasteiger partial charge in [0.2, 0.25) is 0 Å². The van der Waals surface area contributed by atoms with Crippen LogP contribution >= 0.6 is 0 Å². The molecule has 13 aromatic rings. The van der Waals surface area contributed by atoms with Gasteiger partial charge in [-0.1, -0.05) is 202 Å². The van der Waals surface area contributed by atoms with Crippen molar-refractivity contribution in [2.24, 2.45) is 0 Å². The summed E-state index contributed by atoms with van der Waals surface area (Å²) in [6.07, 6.45) is 0. The lowest BCUT2D eigenvalue weighted by atomic mass is 9.68. The maximum Gasteiger partial charge on any atom is 0.137 e. The van der Waals surface area contributed by atoms with Crippen LogP contribution in [0.25, 0.3) is 66.1 Å². The minimum absolute atomic E-state index is 0.203. The monoisotopic (exact) mass is 948 g/mol. The molecule has 0 aliphatic heterocycles. The molecule has 2 aromatic heterocycles. The molecule has 0 amide bonds. The molecule has 0 saturated carbocycles. The Kier molecular flexibility index (Phi) is 9.19. The summed E-state index contributed by atoms with van der Waals surface area (Å²) in [6.45, 7) is 4.71. The van der Waals surface area contributed by atoms with Crippen molar-refractivity contribution in [1.29, 1.82) is 0 Å². The van der Waals surface area contributed by atoms with E-state index in [0.717, 1.165) is 78.0 Å². The third-order valence-electron chi connectivity index (χ3n) is 16.1. The molecule has 0 N–H and O–H groups in total. The second-order valence-electron chi connectivity index (χ2n) is 20.3. The van der Waals surface area contributed by atoms with Crippen LogP contribution in [-0.4, -0.2) is 0 Å². The summed E-state index contributed by atoms with van der Waals surface area (Å²) in [5, 5.41) is 4.27. The summed E-state index contributed by atoms with van der Waals surface area (Å²) in [4.78, 5) is 4.98. The lowest BCUT2D eigenvalue weighted by Gasteiger charge is -2.34. The molecular formula is C70H48N2O2. The second-order valence-corrected chi connectivity index (χ2v) is 20.3. The predicted octanol–water partition coefficient (Wildman–Crippen LogP) is 19.1. The molecule has 0 fully saturated rings. The van der Waals surface area contributed by atoms with E-state index in [-0.39, 0.29) is 5.41 Å². The Bertz CT molecular complexity index is 4330. The maximum absolute atomic E-state index is 6.70. The van der Waals surface area contributed by atoms with Crippen molar-refractivity contribution in [3.63, 3.8) is 0 Å². The molecule has 74 heavy (non-hydrogen) atoms. The van der Waals surface area contributed by atoms with Gasteiger partial charge in [0.15, 0.2) is 0 Å². The van der Waals surface area contributed by atoms with Gasteiger partial charge in [0.05, 0.1) is 38.9 Å². The molecule has 2 aliphatic rings. The fraction of sp³-hybridized carbons (Fsp3) is 0.0571. The SMILES string of the molecule is CC1(C)c2ccccc2-c2c(N(c3cccc(N(c4cccc5c4-c4ccccc4C5(c4ccccc4)c4ccccc4)c4cccc5oc6ccccc6c45)c3)c3cccc4oc5ccccc5c34)cccc21. The van der Waals surface area contributed by atoms with Crippen LogP contribution < -0.4 is 9.80 Å². The van der Waals surface area contributed by atoms with E-state index in [1.54, 1.807) is 0 Å². The van der Waals surface area contributed by atoms with Gasteiger partial charge in [-0.15, -0.1) is 0 Å². The number of hydrogen-bond acceptors (Lipinski definition) is 4. The molecule has 4 nitrogen and oxygen atoms in total. The van der Waals surface area contributed by atoms with Gasteiger partial charge >= 0.3 is 0 Å². The molecule has 2 aliphatic carbocycles. The summed E-state index contributed by atoms with van der Waals surface area (Å²) in [5.74, 6) is 0. The number of hydrogen-bond donors (Lipinski definition) is 0. The fourth-order valence-corrected chi connectivity index (χ4v) is 13.1. The third-order valence-corrected chi connectivity index (χ3v) is 16.1. The predicted molar refractivity (Wildman–Crippen MR) is 305 cm³/mol. The van der Waals surface area contributed by atoms with Gasteiger partial charge in [-0.05, 0) is 111 Å². The number of nitrogens with zero attached hydrogens (tertiary/aromatic N) is 2.